The molecule has 4 heteroatoms. The van der Waals surface area contributed by atoms with E-state index in [-0.39, 0.29) is 5.91 Å². The van der Waals surface area contributed by atoms with Gasteiger partial charge in [-0.05, 0) is 61.5 Å². The molecule has 0 bridgehead atoms. The van der Waals surface area contributed by atoms with E-state index in [0.29, 0.717) is 18.3 Å². The van der Waals surface area contributed by atoms with Gasteiger partial charge in [-0.25, -0.2) is 0 Å². The predicted molar refractivity (Wildman–Crippen MR) is 106 cm³/mol. The molecule has 26 heavy (non-hydrogen) atoms. The summed E-state index contributed by atoms with van der Waals surface area (Å²) in [6.07, 6.45) is 2.98. The van der Waals surface area contributed by atoms with E-state index in [2.05, 4.69) is 17.6 Å². The molecule has 1 aliphatic heterocycles. The van der Waals surface area contributed by atoms with E-state index in [1.165, 1.54) is 12.8 Å². The van der Waals surface area contributed by atoms with Crippen LogP contribution >= 0.6 is 0 Å². The number of ether oxygens (including phenoxy) is 1. The molecule has 138 valence electrons. The maximum Gasteiger partial charge on any atom is 0.224 e. The van der Waals surface area contributed by atoms with Crippen molar-refractivity contribution >= 4 is 11.6 Å². The van der Waals surface area contributed by atoms with Crippen LogP contribution in [0.15, 0.2) is 48.5 Å². The Kier molecular flexibility index (Phi) is 6.29. The molecule has 4 nitrogen and oxygen atoms in total. The minimum absolute atomic E-state index is 0.0836. The lowest BCUT2D eigenvalue weighted by Crippen LogP contribution is -2.34. The molecule has 3 rings (SSSR count). The highest BCUT2D eigenvalue weighted by Crippen LogP contribution is 2.31. The van der Waals surface area contributed by atoms with E-state index in [9.17, 15) is 4.79 Å². The second-order valence-electron chi connectivity index (χ2n) is 7.12. The molecular formula is C22H28N2O2. The molecule has 2 N–H and O–H groups in total. The molecule has 0 aliphatic carbocycles. The summed E-state index contributed by atoms with van der Waals surface area (Å²) < 4.78 is 5.45. The summed E-state index contributed by atoms with van der Waals surface area (Å²) in [4.78, 5) is 12.5. The second-order valence-corrected chi connectivity index (χ2v) is 7.12. The first-order chi connectivity index (χ1) is 12.7. The standard InChI is InChI=1S/C22H28N2O2/c1-16(18-8-6-12-23-15-18)13-22(25)24-19-9-5-7-17(14-19)20-10-3-4-11-21(20)26-2/h3-5,7,9-11,14,16,18,23H,6,8,12-13,15H2,1-2H3,(H,24,25). The number of rotatable bonds is 6. The van der Waals surface area contributed by atoms with Crippen molar-refractivity contribution in [2.45, 2.75) is 26.2 Å². The van der Waals surface area contributed by atoms with Gasteiger partial charge in [0.1, 0.15) is 5.75 Å². The average molecular weight is 352 g/mol. The first kappa shape index (κ1) is 18.5. The number of hydrogen-bond donors (Lipinski definition) is 2. The van der Waals surface area contributed by atoms with E-state index in [1.54, 1.807) is 7.11 Å². The monoisotopic (exact) mass is 352 g/mol. The lowest BCUT2D eigenvalue weighted by molar-refractivity contribution is -0.117. The van der Waals surface area contributed by atoms with Gasteiger partial charge < -0.3 is 15.4 Å². The smallest absolute Gasteiger partial charge is 0.224 e. The van der Waals surface area contributed by atoms with Crippen molar-refractivity contribution in [1.82, 2.24) is 5.32 Å². The quantitative estimate of drug-likeness (QED) is 0.814. The minimum atomic E-state index is 0.0836. The number of hydrogen-bond acceptors (Lipinski definition) is 3. The van der Waals surface area contributed by atoms with Crippen molar-refractivity contribution in [1.29, 1.82) is 0 Å². The molecule has 0 aromatic heterocycles. The highest BCUT2D eigenvalue weighted by atomic mass is 16.5. The Labute approximate surface area is 156 Å². The van der Waals surface area contributed by atoms with Gasteiger partial charge in [0.05, 0.1) is 7.11 Å². The molecule has 0 spiro atoms. The average Bonchev–Trinajstić information content (AvgIpc) is 2.68. The Bertz CT molecular complexity index is 738. The normalized spacial score (nSPS) is 18.2. The van der Waals surface area contributed by atoms with Crippen molar-refractivity contribution in [3.63, 3.8) is 0 Å². The summed E-state index contributed by atoms with van der Waals surface area (Å²) in [7, 11) is 1.67. The van der Waals surface area contributed by atoms with Gasteiger partial charge >= 0.3 is 0 Å². The van der Waals surface area contributed by atoms with Crippen LogP contribution < -0.4 is 15.4 Å². The molecule has 2 atom stereocenters. The van der Waals surface area contributed by atoms with E-state index < -0.39 is 0 Å². The van der Waals surface area contributed by atoms with Crippen LogP contribution in [0, 0.1) is 11.8 Å². The molecule has 1 heterocycles. The van der Waals surface area contributed by atoms with Crippen molar-refractivity contribution in [2.24, 2.45) is 11.8 Å². The third-order valence-corrected chi connectivity index (χ3v) is 5.21. The number of anilines is 1. The third kappa shape index (κ3) is 4.64. The lowest BCUT2D eigenvalue weighted by atomic mass is 9.85. The molecule has 1 fully saturated rings. The first-order valence-corrected chi connectivity index (χ1v) is 9.41. The Morgan fingerprint density at radius 3 is 2.88 bits per heavy atom. The fourth-order valence-corrected chi connectivity index (χ4v) is 3.68. The number of nitrogens with one attached hydrogen (secondary N) is 2. The molecule has 1 amide bonds. The van der Waals surface area contributed by atoms with Crippen LogP contribution in [0.25, 0.3) is 11.1 Å². The fraction of sp³-hybridized carbons (Fsp3) is 0.409. The van der Waals surface area contributed by atoms with Crippen LogP contribution in [0.1, 0.15) is 26.2 Å². The van der Waals surface area contributed by atoms with E-state index in [4.69, 9.17) is 4.74 Å². The summed E-state index contributed by atoms with van der Waals surface area (Å²) in [5.74, 6) is 1.89. The number of carbonyl (C=O) groups is 1. The Morgan fingerprint density at radius 2 is 2.12 bits per heavy atom. The van der Waals surface area contributed by atoms with E-state index in [1.807, 2.05) is 48.5 Å². The number of carbonyl (C=O) groups excluding carboxylic acids is 1. The largest absolute Gasteiger partial charge is 0.496 e. The van der Waals surface area contributed by atoms with Crippen LogP contribution in [0.2, 0.25) is 0 Å². The van der Waals surface area contributed by atoms with Crippen LogP contribution in [-0.2, 0) is 4.79 Å². The van der Waals surface area contributed by atoms with Gasteiger partial charge in [-0.15, -0.1) is 0 Å². The number of benzene rings is 2. The number of para-hydroxylation sites is 1. The van der Waals surface area contributed by atoms with Gasteiger partial charge in [-0.1, -0.05) is 37.3 Å². The summed E-state index contributed by atoms with van der Waals surface area (Å²) in [5, 5.41) is 6.49. The van der Waals surface area contributed by atoms with Crippen molar-refractivity contribution in [2.75, 3.05) is 25.5 Å². The molecule has 2 aromatic carbocycles. The van der Waals surface area contributed by atoms with Crippen LogP contribution in [-0.4, -0.2) is 26.1 Å². The fourth-order valence-electron chi connectivity index (χ4n) is 3.68. The van der Waals surface area contributed by atoms with Gasteiger partial charge in [-0.2, -0.15) is 0 Å². The highest BCUT2D eigenvalue weighted by molar-refractivity contribution is 5.91. The molecule has 1 saturated heterocycles. The maximum atomic E-state index is 12.5. The molecule has 0 saturated carbocycles. The van der Waals surface area contributed by atoms with Gasteiger partial charge in [0.2, 0.25) is 5.91 Å². The van der Waals surface area contributed by atoms with Crippen molar-refractivity contribution in [3.8, 4) is 16.9 Å². The van der Waals surface area contributed by atoms with Crippen LogP contribution in [0.5, 0.6) is 5.75 Å². The highest BCUT2D eigenvalue weighted by Gasteiger charge is 2.22. The summed E-state index contributed by atoms with van der Waals surface area (Å²) >= 11 is 0. The third-order valence-electron chi connectivity index (χ3n) is 5.21. The van der Waals surface area contributed by atoms with Crippen molar-refractivity contribution < 1.29 is 9.53 Å². The molecule has 0 radical (unpaired) electrons. The molecule has 2 unspecified atom stereocenters. The second kappa shape index (κ2) is 8.86. The van der Waals surface area contributed by atoms with Gasteiger partial charge in [-0.3, -0.25) is 4.79 Å². The van der Waals surface area contributed by atoms with E-state index in [0.717, 1.165) is 35.7 Å². The minimum Gasteiger partial charge on any atom is -0.496 e. The molecular weight excluding hydrogens is 324 g/mol. The zero-order chi connectivity index (χ0) is 18.4. The maximum absolute atomic E-state index is 12.5. The van der Waals surface area contributed by atoms with Crippen LogP contribution in [0.3, 0.4) is 0 Å². The summed E-state index contributed by atoms with van der Waals surface area (Å²) in [5.41, 5.74) is 2.88. The summed E-state index contributed by atoms with van der Waals surface area (Å²) in [6, 6.07) is 15.8. The predicted octanol–water partition coefficient (Wildman–Crippen LogP) is 4.33. The lowest BCUT2D eigenvalue weighted by Gasteiger charge is -2.28. The zero-order valence-electron chi connectivity index (χ0n) is 15.6. The Morgan fingerprint density at radius 1 is 1.27 bits per heavy atom. The van der Waals surface area contributed by atoms with E-state index >= 15 is 0 Å². The van der Waals surface area contributed by atoms with Gasteiger partial charge in [0, 0.05) is 17.7 Å². The number of methoxy groups -OCH3 is 1. The van der Waals surface area contributed by atoms with Crippen LogP contribution in [0.4, 0.5) is 5.69 Å². The Balaban J connectivity index is 1.65. The number of amides is 1. The SMILES string of the molecule is COc1ccccc1-c1cccc(NC(=O)CC(C)C2CCCNC2)c1. The van der Waals surface area contributed by atoms with Gasteiger partial charge in [0.25, 0.3) is 0 Å². The topological polar surface area (TPSA) is 50.4 Å². The van der Waals surface area contributed by atoms with Crippen molar-refractivity contribution in [3.05, 3.63) is 48.5 Å². The summed E-state index contributed by atoms with van der Waals surface area (Å²) in [6.45, 7) is 4.31. The molecule has 1 aliphatic rings. The number of piperidine rings is 1. The van der Waals surface area contributed by atoms with Gasteiger partial charge in [0.15, 0.2) is 0 Å². The zero-order valence-corrected chi connectivity index (χ0v) is 15.6. The Hall–Kier alpha value is -2.33. The molecule has 2 aromatic rings. The first-order valence-electron chi connectivity index (χ1n) is 9.41.